The summed E-state index contributed by atoms with van der Waals surface area (Å²) in [6.07, 6.45) is 0. The van der Waals surface area contributed by atoms with Gasteiger partial charge in [0.15, 0.2) is 0 Å². The number of hydrogen-bond donors (Lipinski definition) is 2. The van der Waals surface area contributed by atoms with Gasteiger partial charge in [0.2, 0.25) is 0 Å². The van der Waals surface area contributed by atoms with Crippen LogP contribution in [0.15, 0.2) is 0 Å². The minimum Gasteiger partial charge on any atom is -0.329 e. The predicted molar refractivity (Wildman–Crippen MR) is 18.1 cm³/mol. The Bertz CT molecular complexity index is 9.61. The molecule has 4 N–H and O–H groups in total. The summed E-state index contributed by atoms with van der Waals surface area (Å²) in [6.45, 7) is 1.19. The molecule has 36 valence electrons. The number of hydrogen-bond acceptors (Lipinski definition) is 2. The summed E-state index contributed by atoms with van der Waals surface area (Å²) in [5.74, 6) is 0. The van der Waals surface area contributed by atoms with Crippen LogP contribution in [0.3, 0.4) is 0 Å². The standard InChI is InChI=1S/C2H8N2.Cu/c3-1-2-4;/h1-4H2;/q;+1. The molecule has 0 aliphatic carbocycles. The van der Waals surface area contributed by atoms with E-state index in [2.05, 4.69) is 0 Å². The van der Waals surface area contributed by atoms with Crippen LogP contribution in [0, 0.1) is 0 Å². The topological polar surface area (TPSA) is 52.0 Å². The van der Waals surface area contributed by atoms with E-state index in [0.29, 0.717) is 13.1 Å². The number of nitrogens with two attached hydrogens (primary N) is 2. The van der Waals surface area contributed by atoms with Gasteiger partial charge in [-0.2, -0.15) is 0 Å². The Morgan fingerprint density at radius 2 is 1.20 bits per heavy atom. The third-order valence-electron chi connectivity index (χ3n) is 0.167. The molecule has 0 heterocycles. The van der Waals surface area contributed by atoms with Crippen molar-refractivity contribution in [1.29, 1.82) is 0 Å². The normalized spacial score (nSPS) is 6.00. The molecule has 0 amide bonds. The van der Waals surface area contributed by atoms with E-state index in [4.69, 9.17) is 11.5 Å². The van der Waals surface area contributed by atoms with Crippen LogP contribution < -0.4 is 11.5 Å². The summed E-state index contributed by atoms with van der Waals surface area (Å²) in [5, 5.41) is 0. The van der Waals surface area contributed by atoms with Crippen LogP contribution in [0.5, 0.6) is 0 Å². The van der Waals surface area contributed by atoms with Gasteiger partial charge >= 0.3 is 17.1 Å². The zero-order chi connectivity index (χ0) is 3.41. The third kappa shape index (κ3) is 12.8. The summed E-state index contributed by atoms with van der Waals surface area (Å²) >= 11 is 0. The zero-order valence-corrected chi connectivity index (χ0v) is 3.81. The van der Waals surface area contributed by atoms with E-state index >= 15 is 0 Å². The fourth-order valence-electron chi connectivity index (χ4n) is 0. The van der Waals surface area contributed by atoms with Crippen molar-refractivity contribution in [2.75, 3.05) is 13.1 Å². The minimum absolute atomic E-state index is 0. The third-order valence-corrected chi connectivity index (χ3v) is 0.167. The van der Waals surface area contributed by atoms with Crippen molar-refractivity contribution in [3.05, 3.63) is 0 Å². The second kappa shape index (κ2) is 8.83. The second-order valence-electron chi connectivity index (χ2n) is 0.577. The van der Waals surface area contributed by atoms with Crippen LogP contribution in [0.25, 0.3) is 0 Å². The maximum absolute atomic E-state index is 4.90. The molecule has 0 spiro atoms. The molecule has 2 nitrogen and oxygen atoms in total. The van der Waals surface area contributed by atoms with Crippen molar-refractivity contribution in [3.63, 3.8) is 0 Å². The fraction of sp³-hybridized carbons (Fsp3) is 1.00. The van der Waals surface area contributed by atoms with Gasteiger partial charge in [-0.25, -0.2) is 0 Å². The van der Waals surface area contributed by atoms with Gasteiger partial charge in [0.05, 0.1) is 0 Å². The Hall–Kier alpha value is 0.439. The second-order valence-corrected chi connectivity index (χ2v) is 0.577. The van der Waals surface area contributed by atoms with Crippen molar-refractivity contribution >= 4 is 0 Å². The molecule has 0 unspecified atom stereocenters. The molecule has 0 saturated heterocycles. The minimum atomic E-state index is 0. The van der Waals surface area contributed by atoms with Crippen LogP contribution >= 0.6 is 0 Å². The molecule has 0 saturated carbocycles. The van der Waals surface area contributed by atoms with E-state index in [0.717, 1.165) is 0 Å². The molecule has 0 bridgehead atoms. The SMILES string of the molecule is NCCN.[Cu+]. The van der Waals surface area contributed by atoms with Crippen LogP contribution in [-0.2, 0) is 17.1 Å². The molecular weight excluding hydrogens is 116 g/mol. The van der Waals surface area contributed by atoms with E-state index < -0.39 is 0 Å². The number of rotatable bonds is 1. The van der Waals surface area contributed by atoms with Gasteiger partial charge < -0.3 is 11.5 Å². The van der Waals surface area contributed by atoms with Crippen molar-refractivity contribution in [3.8, 4) is 0 Å². The average Bonchev–Trinajstić information content (AvgIpc) is 1.37. The largest absolute Gasteiger partial charge is 1.00 e. The van der Waals surface area contributed by atoms with Crippen molar-refractivity contribution in [1.82, 2.24) is 0 Å². The quantitative estimate of drug-likeness (QED) is 0.435. The maximum Gasteiger partial charge on any atom is 1.00 e. The molecule has 0 aromatic rings. The van der Waals surface area contributed by atoms with E-state index in [1.165, 1.54) is 0 Å². The first-order chi connectivity index (χ1) is 1.91. The Labute approximate surface area is 42.4 Å². The van der Waals surface area contributed by atoms with Gasteiger partial charge in [-0.3, -0.25) is 0 Å². The molecule has 0 aliphatic rings. The first kappa shape index (κ1) is 9.06. The Balaban J connectivity index is 0. The smallest absolute Gasteiger partial charge is 0.329 e. The summed E-state index contributed by atoms with van der Waals surface area (Å²) in [7, 11) is 0. The first-order valence-corrected chi connectivity index (χ1v) is 1.32. The summed E-state index contributed by atoms with van der Waals surface area (Å²) in [5.41, 5.74) is 9.81. The summed E-state index contributed by atoms with van der Waals surface area (Å²) < 4.78 is 0. The van der Waals surface area contributed by atoms with Gasteiger partial charge in [0.1, 0.15) is 0 Å². The molecule has 3 heteroatoms. The maximum atomic E-state index is 4.90. The van der Waals surface area contributed by atoms with Crippen LogP contribution in [0.2, 0.25) is 0 Å². The predicted octanol–water partition coefficient (Wildman–Crippen LogP) is -1.10. The van der Waals surface area contributed by atoms with Crippen molar-refractivity contribution in [2.45, 2.75) is 0 Å². The first-order valence-electron chi connectivity index (χ1n) is 1.32. The van der Waals surface area contributed by atoms with E-state index in [1.807, 2.05) is 0 Å². The molecule has 0 fully saturated rings. The summed E-state index contributed by atoms with van der Waals surface area (Å²) in [4.78, 5) is 0. The van der Waals surface area contributed by atoms with Gasteiger partial charge in [-0.05, 0) is 0 Å². The molecule has 0 atom stereocenters. The fourth-order valence-corrected chi connectivity index (χ4v) is 0. The van der Waals surface area contributed by atoms with Crippen LogP contribution in [0.4, 0.5) is 0 Å². The van der Waals surface area contributed by atoms with Crippen LogP contribution in [0.1, 0.15) is 0 Å². The Morgan fingerprint density at radius 3 is 1.20 bits per heavy atom. The van der Waals surface area contributed by atoms with E-state index in [9.17, 15) is 0 Å². The Kier molecular flexibility index (Phi) is 16.0. The van der Waals surface area contributed by atoms with Gasteiger partial charge in [-0.15, -0.1) is 0 Å². The van der Waals surface area contributed by atoms with Gasteiger partial charge in [0, 0.05) is 13.1 Å². The Morgan fingerprint density at radius 1 is 1.00 bits per heavy atom. The van der Waals surface area contributed by atoms with Crippen molar-refractivity contribution in [2.24, 2.45) is 11.5 Å². The molecule has 0 aromatic heterocycles. The van der Waals surface area contributed by atoms with Crippen LogP contribution in [-0.4, -0.2) is 13.1 Å². The zero-order valence-electron chi connectivity index (χ0n) is 2.87. The van der Waals surface area contributed by atoms with E-state index in [1.54, 1.807) is 0 Å². The molecule has 0 aromatic carbocycles. The molecule has 0 radical (unpaired) electrons. The van der Waals surface area contributed by atoms with Gasteiger partial charge in [-0.1, -0.05) is 0 Å². The molecule has 5 heavy (non-hydrogen) atoms. The van der Waals surface area contributed by atoms with Crippen molar-refractivity contribution < 1.29 is 17.1 Å². The summed E-state index contributed by atoms with van der Waals surface area (Å²) in [6, 6.07) is 0. The molecular formula is C2H8CuN2+. The van der Waals surface area contributed by atoms with Gasteiger partial charge in [0.25, 0.3) is 0 Å². The molecule has 0 aliphatic heterocycles. The molecule has 0 rings (SSSR count). The van der Waals surface area contributed by atoms with E-state index in [-0.39, 0.29) is 17.1 Å². The monoisotopic (exact) mass is 123 g/mol. The average molecular weight is 124 g/mol.